The highest BCUT2D eigenvalue weighted by atomic mass is 15.2. The topological polar surface area (TPSA) is 21.1 Å². The van der Waals surface area contributed by atoms with Crippen molar-refractivity contribution in [3.63, 3.8) is 0 Å². The molecule has 1 atom stereocenters. The van der Waals surface area contributed by atoms with Gasteiger partial charge in [-0.1, -0.05) is 42.5 Å². The number of rotatable bonds is 4. The first-order valence-corrected chi connectivity index (χ1v) is 7.30. The second-order valence-corrected chi connectivity index (χ2v) is 5.66. The Balaban J connectivity index is 1.89. The van der Waals surface area contributed by atoms with Crippen LogP contribution in [0.5, 0.6) is 0 Å². The molecule has 3 nitrogen and oxygen atoms in total. The normalized spacial score (nSPS) is 13.0. The Kier molecular flexibility index (Phi) is 3.76. The standard InChI is InChI=1S/C18H21N3/c1-14(20(2)12-16-11-19-13-21(16)3)17-10-6-8-15-7-4-5-9-18(15)17/h4-11,13-14H,12H2,1-3H3/t14-/m1/s1. The highest BCUT2D eigenvalue weighted by molar-refractivity contribution is 5.86. The quantitative estimate of drug-likeness (QED) is 0.725. The van der Waals surface area contributed by atoms with Crippen molar-refractivity contribution >= 4 is 10.8 Å². The lowest BCUT2D eigenvalue weighted by molar-refractivity contribution is 0.249. The maximum atomic E-state index is 4.19. The zero-order valence-electron chi connectivity index (χ0n) is 12.8. The summed E-state index contributed by atoms with van der Waals surface area (Å²) < 4.78 is 2.08. The van der Waals surface area contributed by atoms with E-state index in [4.69, 9.17) is 0 Å². The van der Waals surface area contributed by atoms with Gasteiger partial charge in [0.1, 0.15) is 0 Å². The van der Waals surface area contributed by atoms with Crippen molar-refractivity contribution in [1.29, 1.82) is 0 Å². The number of benzene rings is 2. The molecule has 0 amide bonds. The van der Waals surface area contributed by atoms with E-state index in [-0.39, 0.29) is 0 Å². The highest BCUT2D eigenvalue weighted by Crippen LogP contribution is 2.28. The molecule has 21 heavy (non-hydrogen) atoms. The van der Waals surface area contributed by atoms with Gasteiger partial charge in [-0.2, -0.15) is 0 Å². The van der Waals surface area contributed by atoms with E-state index in [0.29, 0.717) is 6.04 Å². The Morgan fingerprint density at radius 1 is 1.14 bits per heavy atom. The molecule has 3 rings (SSSR count). The highest BCUT2D eigenvalue weighted by Gasteiger charge is 2.15. The van der Waals surface area contributed by atoms with Crippen LogP contribution in [-0.4, -0.2) is 21.5 Å². The van der Waals surface area contributed by atoms with E-state index in [0.717, 1.165) is 6.54 Å². The molecule has 0 unspecified atom stereocenters. The minimum atomic E-state index is 0.353. The molecule has 0 saturated heterocycles. The second kappa shape index (κ2) is 5.70. The first kappa shape index (κ1) is 13.8. The zero-order chi connectivity index (χ0) is 14.8. The summed E-state index contributed by atoms with van der Waals surface area (Å²) in [6.45, 7) is 3.15. The maximum Gasteiger partial charge on any atom is 0.0945 e. The van der Waals surface area contributed by atoms with Gasteiger partial charge in [-0.05, 0) is 30.3 Å². The molecule has 0 bridgehead atoms. The third-order valence-electron chi connectivity index (χ3n) is 4.26. The van der Waals surface area contributed by atoms with E-state index in [2.05, 4.69) is 70.9 Å². The number of hydrogen-bond acceptors (Lipinski definition) is 2. The zero-order valence-corrected chi connectivity index (χ0v) is 12.8. The van der Waals surface area contributed by atoms with Crippen LogP contribution in [0.15, 0.2) is 55.0 Å². The summed E-state index contributed by atoms with van der Waals surface area (Å²) in [5.74, 6) is 0. The van der Waals surface area contributed by atoms with Crippen LogP contribution in [0.1, 0.15) is 24.2 Å². The van der Waals surface area contributed by atoms with Crippen LogP contribution in [-0.2, 0) is 13.6 Å². The third kappa shape index (κ3) is 2.69. The van der Waals surface area contributed by atoms with Crippen molar-refractivity contribution in [2.75, 3.05) is 7.05 Å². The van der Waals surface area contributed by atoms with E-state index in [1.807, 2.05) is 19.6 Å². The van der Waals surface area contributed by atoms with E-state index in [9.17, 15) is 0 Å². The summed E-state index contributed by atoms with van der Waals surface area (Å²) in [4.78, 5) is 6.55. The van der Waals surface area contributed by atoms with Crippen LogP contribution in [0.25, 0.3) is 10.8 Å². The van der Waals surface area contributed by atoms with Crippen LogP contribution >= 0.6 is 0 Å². The predicted octanol–water partition coefficient (Wildman–Crippen LogP) is 3.77. The molecule has 1 heterocycles. The molecule has 0 radical (unpaired) electrons. The Bertz CT molecular complexity index is 740. The molecule has 2 aromatic carbocycles. The molecule has 0 fully saturated rings. The molecule has 0 aliphatic heterocycles. The molecule has 108 valence electrons. The molecule has 3 heteroatoms. The van der Waals surface area contributed by atoms with Crippen LogP contribution in [0.3, 0.4) is 0 Å². The van der Waals surface area contributed by atoms with Gasteiger partial charge < -0.3 is 4.57 Å². The molecule has 0 N–H and O–H groups in total. The van der Waals surface area contributed by atoms with Crippen LogP contribution in [0.2, 0.25) is 0 Å². The van der Waals surface area contributed by atoms with Crippen molar-refractivity contribution in [3.8, 4) is 0 Å². The second-order valence-electron chi connectivity index (χ2n) is 5.66. The average molecular weight is 279 g/mol. The first-order valence-electron chi connectivity index (χ1n) is 7.30. The van der Waals surface area contributed by atoms with Gasteiger partial charge in [-0.3, -0.25) is 4.90 Å². The van der Waals surface area contributed by atoms with Crippen molar-refractivity contribution < 1.29 is 0 Å². The van der Waals surface area contributed by atoms with E-state index in [1.165, 1.54) is 22.0 Å². The van der Waals surface area contributed by atoms with Crippen molar-refractivity contribution in [1.82, 2.24) is 14.5 Å². The van der Waals surface area contributed by atoms with Crippen molar-refractivity contribution in [2.24, 2.45) is 7.05 Å². The summed E-state index contributed by atoms with van der Waals surface area (Å²) in [5.41, 5.74) is 2.60. The van der Waals surface area contributed by atoms with Gasteiger partial charge in [0.2, 0.25) is 0 Å². The molecule has 1 aromatic heterocycles. The Morgan fingerprint density at radius 3 is 2.67 bits per heavy atom. The fourth-order valence-corrected chi connectivity index (χ4v) is 2.78. The Morgan fingerprint density at radius 2 is 1.90 bits per heavy atom. The van der Waals surface area contributed by atoms with Crippen molar-refractivity contribution in [3.05, 3.63) is 66.2 Å². The number of aromatic nitrogens is 2. The minimum absolute atomic E-state index is 0.353. The van der Waals surface area contributed by atoms with Crippen LogP contribution in [0, 0.1) is 0 Å². The smallest absolute Gasteiger partial charge is 0.0945 e. The Labute approximate surface area is 125 Å². The van der Waals surface area contributed by atoms with Gasteiger partial charge in [-0.25, -0.2) is 4.98 Å². The number of imidazole rings is 1. The summed E-state index contributed by atoms with van der Waals surface area (Å²) in [6.07, 6.45) is 3.79. The first-order chi connectivity index (χ1) is 10.2. The summed E-state index contributed by atoms with van der Waals surface area (Å²) in [5, 5.41) is 2.64. The lowest BCUT2D eigenvalue weighted by Crippen LogP contribution is -2.23. The minimum Gasteiger partial charge on any atom is -0.337 e. The van der Waals surface area contributed by atoms with Gasteiger partial charge in [0.15, 0.2) is 0 Å². The van der Waals surface area contributed by atoms with E-state index >= 15 is 0 Å². The summed E-state index contributed by atoms with van der Waals surface area (Å²) in [6, 6.07) is 15.5. The number of hydrogen-bond donors (Lipinski definition) is 0. The molecular weight excluding hydrogens is 258 g/mol. The average Bonchev–Trinajstić information content (AvgIpc) is 2.91. The van der Waals surface area contributed by atoms with E-state index in [1.54, 1.807) is 0 Å². The van der Waals surface area contributed by atoms with E-state index < -0.39 is 0 Å². The van der Waals surface area contributed by atoms with Crippen LogP contribution < -0.4 is 0 Å². The molecule has 0 saturated carbocycles. The lowest BCUT2D eigenvalue weighted by Gasteiger charge is -2.26. The predicted molar refractivity (Wildman–Crippen MR) is 87.0 cm³/mol. The van der Waals surface area contributed by atoms with Gasteiger partial charge in [-0.15, -0.1) is 0 Å². The number of fused-ring (bicyclic) bond motifs is 1. The third-order valence-corrected chi connectivity index (χ3v) is 4.26. The monoisotopic (exact) mass is 279 g/mol. The lowest BCUT2D eigenvalue weighted by atomic mass is 9.99. The molecular formula is C18H21N3. The maximum absolute atomic E-state index is 4.19. The molecule has 0 aliphatic rings. The van der Waals surface area contributed by atoms with Gasteiger partial charge in [0, 0.05) is 25.8 Å². The largest absolute Gasteiger partial charge is 0.337 e. The van der Waals surface area contributed by atoms with Crippen LogP contribution in [0.4, 0.5) is 0 Å². The fourth-order valence-electron chi connectivity index (χ4n) is 2.78. The number of nitrogens with zero attached hydrogens (tertiary/aromatic N) is 3. The van der Waals surface area contributed by atoms with Gasteiger partial charge in [0.25, 0.3) is 0 Å². The SMILES string of the molecule is C[C@H](c1cccc2ccccc12)N(C)Cc1cncn1C. The summed E-state index contributed by atoms with van der Waals surface area (Å²) in [7, 11) is 4.21. The molecule has 3 aromatic rings. The fraction of sp³-hybridized carbons (Fsp3) is 0.278. The van der Waals surface area contributed by atoms with Gasteiger partial charge in [0.05, 0.1) is 12.0 Å². The number of aryl methyl sites for hydroxylation is 1. The van der Waals surface area contributed by atoms with Crippen molar-refractivity contribution in [2.45, 2.75) is 19.5 Å². The molecule has 0 spiro atoms. The van der Waals surface area contributed by atoms with Gasteiger partial charge >= 0.3 is 0 Å². The molecule has 0 aliphatic carbocycles. The Hall–Kier alpha value is -2.13. The summed E-state index contributed by atoms with van der Waals surface area (Å²) >= 11 is 0.